The van der Waals surface area contributed by atoms with Crippen molar-refractivity contribution in [2.75, 3.05) is 13.1 Å². The third-order valence-electron chi connectivity index (χ3n) is 5.43. The van der Waals surface area contributed by atoms with Crippen LogP contribution in [0.5, 0.6) is 0 Å². The molecule has 2 aromatic rings. The Balaban J connectivity index is 1.54. The molecule has 0 unspecified atom stereocenters. The average molecular weight is 285 g/mol. The maximum absolute atomic E-state index is 10.4. The highest BCUT2D eigenvalue weighted by molar-refractivity contribution is 5.39. The number of hydrogen-bond acceptors (Lipinski definition) is 3. The fraction of sp³-hybridized carbons (Fsp3) is 0.588. The number of piperidine rings is 1. The van der Waals surface area contributed by atoms with Crippen molar-refractivity contribution in [1.82, 2.24) is 14.3 Å². The number of rotatable bonds is 2. The molecule has 2 aromatic heterocycles. The van der Waals surface area contributed by atoms with E-state index in [9.17, 15) is 5.11 Å². The first-order chi connectivity index (χ1) is 10.3. The van der Waals surface area contributed by atoms with Crippen LogP contribution in [0.15, 0.2) is 30.6 Å². The molecule has 0 amide bonds. The zero-order chi connectivity index (χ0) is 14.3. The van der Waals surface area contributed by atoms with Crippen LogP contribution in [-0.4, -0.2) is 38.6 Å². The van der Waals surface area contributed by atoms with Crippen molar-refractivity contribution >= 4 is 5.65 Å². The van der Waals surface area contributed by atoms with Crippen LogP contribution in [0.2, 0.25) is 0 Å². The smallest absolute Gasteiger partial charge is 0.136 e. The van der Waals surface area contributed by atoms with Crippen LogP contribution in [0.25, 0.3) is 5.65 Å². The summed E-state index contributed by atoms with van der Waals surface area (Å²) in [5.41, 5.74) is 2.42. The molecule has 2 fully saturated rings. The normalized spacial score (nSPS) is 30.4. The Hall–Kier alpha value is -1.39. The third kappa shape index (κ3) is 2.27. The summed E-state index contributed by atoms with van der Waals surface area (Å²) in [6.07, 6.45) is 9.74. The van der Waals surface area contributed by atoms with Gasteiger partial charge in [0.05, 0.1) is 18.0 Å². The Morgan fingerprint density at radius 3 is 3.05 bits per heavy atom. The molecule has 1 saturated heterocycles. The van der Waals surface area contributed by atoms with E-state index in [1.54, 1.807) is 0 Å². The maximum Gasteiger partial charge on any atom is 0.136 e. The molecule has 1 aliphatic heterocycles. The van der Waals surface area contributed by atoms with Crippen LogP contribution in [-0.2, 0) is 6.54 Å². The minimum atomic E-state index is -0.0949. The molecule has 3 heterocycles. The van der Waals surface area contributed by atoms with Crippen LogP contribution in [0.3, 0.4) is 0 Å². The van der Waals surface area contributed by atoms with E-state index in [1.165, 1.54) is 31.4 Å². The highest BCUT2D eigenvalue weighted by Gasteiger charge is 2.44. The number of aliphatic hydroxyl groups is 1. The van der Waals surface area contributed by atoms with E-state index in [0.29, 0.717) is 0 Å². The summed E-state index contributed by atoms with van der Waals surface area (Å²) in [5.74, 6) is 0. The van der Waals surface area contributed by atoms with Gasteiger partial charge in [0.25, 0.3) is 0 Å². The number of likely N-dealkylation sites (tertiary alicyclic amines) is 1. The van der Waals surface area contributed by atoms with Gasteiger partial charge in [0.1, 0.15) is 5.65 Å². The molecular formula is C17H23N3O. The molecular weight excluding hydrogens is 262 g/mol. The first-order valence-electron chi connectivity index (χ1n) is 8.08. The van der Waals surface area contributed by atoms with Crippen LogP contribution < -0.4 is 0 Å². The number of aromatic nitrogens is 2. The summed E-state index contributed by atoms with van der Waals surface area (Å²) in [5, 5.41) is 10.4. The van der Waals surface area contributed by atoms with Crippen molar-refractivity contribution in [2.45, 2.75) is 44.8 Å². The molecule has 1 N–H and O–H groups in total. The van der Waals surface area contributed by atoms with Gasteiger partial charge in [-0.15, -0.1) is 0 Å². The zero-order valence-corrected chi connectivity index (χ0v) is 12.4. The predicted molar refractivity (Wildman–Crippen MR) is 82.0 cm³/mol. The highest BCUT2D eigenvalue weighted by Crippen LogP contribution is 2.45. The van der Waals surface area contributed by atoms with Crippen molar-refractivity contribution in [2.24, 2.45) is 5.41 Å². The Kier molecular flexibility index (Phi) is 3.23. The largest absolute Gasteiger partial charge is 0.393 e. The fourth-order valence-corrected chi connectivity index (χ4v) is 4.32. The second-order valence-corrected chi connectivity index (χ2v) is 6.76. The Morgan fingerprint density at radius 2 is 2.19 bits per heavy atom. The summed E-state index contributed by atoms with van der Waals surface area (Å²) >= 11 is 0. The first kappa shape index (κ1) is 13.3. The minimum Gasteiger partial charge on any atom is -0.393 e. The Morgan fingerprint density at radius 1 is 1.29 bits per heavy atom. The summed E-state index contributed by atoms with van der Waals surface area (Å²) in [6.45, 7) is 3.10. The molecule has 0 bridgehead atoms. The lowest BCUT2D eigenvalue weighted by Crippen LogP contribution is -2.46. The van der Waals surface area contributed by atoms with E-state index in [4.69, 9.17) is 0 Å². The van der Waals surface area contributed by atoms with Crippen molar-refractivity contribution in [3.8, 4) is 0 Å². The molecule has 0 aromatic carbocycles. The van der Waals surface area contributed by atoms with Gasteiger partial charge >= 0.3 is 0 Å². The van der Waals surface area contributed by atoms with Gasteiger partial charge in [-0.25, -0.2) is 4.98 Å². The van der Waals surface area contributed by atoms with Gasteiger partial charge in [0.2, 0.25) is 0 Å². The molecule has 1 aliphatic carbocycles. The van der Waals surface area contributed by atoms with Crippen molar-refractivity contribution in [3.63, 3.8) is 0 Å². The quantitative estimate of drug-likeness (QED) is 0.921. The van der Waals surface area contributed by atoms with Gasteiger partial charge < -0.3 is 9.51 Å². The summed E-state index contributed by atoms with van der Waals surface area (Å²) in [7, 11) is 0. The molecule has 0 radical (unpaired) electrons. The van der Waals surface area contributed by atoms with Crippen LogP contribution in [0, 0.1) is 5.41 Å². The number of nitrogens with zero attached hydrogens (tertiary/aromatic N) is 3. The molecule has 21 heavy (non-hydrogen) atoms. The second-order valence-electron chi connectivity index (χ2n) is 6.76. The maximum atomic E-state index is 10.4. The second kappa shape index (κ2) is 5.11. The van der Waals surface area contributed by atoms with Crippen LogP contribution in [0.4, 0.5) is 0 Å². The van der Waals surface area contributed by atoms with Crippen molar-refractivity contribution in [3.05, 3.63) is 36.3 Å². The monoisotopic (exact) mass is 285 g/mol. The molecule has 2 atom stereocenters. The minimum absolute atomic E-state index is 0.0949. The first-order valence-corrected chi connectivity index (χ1v) is 8.08. The fourth-order valence-electron chi connectivity index (χ4n) is 4.32. The highest BCUT2D eigenvalue weighted by atomic mass is 16.3. The molecule has 112 valence electrons. The van der Waals surface area contributed by atoms with Gasteiger partial charge in [-0.1, -0.05) is 12.5 Å². The van der Waals surface area contributed by atoms with Crippen LogP contribution >= 0.6 is 0 Å². The van der Waals surface area contributed by atoms with Gasteiger partial charge in [0, 0.05) is 24.7 Å². The van der Waals surface area contributed by atoms with Gasteiger partial charge in [0.15, 0.2) is 0 Å². The standard InChI is InChI=1S/C17H23N3O/c21-15-5-3-7-17(15)8-4-9-19(13-17)12-14-11-18-16-6-1-2-10-20(14)16/h1-2,6,10-11,15,21H,3-5,7-9,12-13H2/t15-,17-/m1/s1. The molecule has 4 rings (SSSR count). The van der Waals surface area contributed by atoms with E-state index in [2.05, 4.69) is 26.5 Å². The number of imidazole rings is 1. The van der Waals surface area contributed by atoms with Gasteiger partial charge in [-0.2, -0.15) is 0 Å². The van der Waals surface area contributed by atoms with Crippen LogP contribution in [0.1, 0.15) is 37.8 Å². The lowest BCUT2D eigenvalue weighted by Gasteiger charge is -2.42. The van der Waals surface area contributed by atoms with E-state index >= 15 is 0 Å². The van der Waals surface area contributed by atoms with E-state index < -0.39 is 0 Å². The van der Waals surface area contributed by atoms with E-state index in [1.807, 2.05) is 18.3 Å². The van der Waals surface area contributed by atoms with E-state index in [0.717, 1.165) is 31.7 Å². The van der Waals surface area contributed by atoms with Crippen molar-refractivity contribution in [1.29, 1.82) is 0 Å². The lowest BCUT2D eigenvalue weighted by atomic mass is 9.76. The topological polar surface area (TPSA) is 40.8 Å². The summed E-state index contributed by atoms with van der Waals surface area (Å²) in [4.78, 5) is 6.98. The zero-order valence-electron chi connectivity index (χ0n) is 12.4. The number of fused-ring (bicyclic) bond motifs is 1. The predicted octanol–water partition coefficient (Wildman–Crippen LogP) is 2.46. The Bertz CT molecular complexity index is 638. The molecule has 1 saturated carbocycles. The number of aliphatic hydroxyl groups excluding tert-OH is 1. The van der Waals surface area contributed by atoms with Crippen molar-refractivity contribution < 1.29 is 5.11 Å². The number of hydrogen-bond donors (Lipinski definition) is 1. The summed E-state index contributed by atoms with van der Waals surface area (Å²) < 4.78 is 2.17. The lowest BCUT2D eigenvalue weighted by molar-refractivity contribution is -0.0124. The number of pyridine rings is 1. The molecule has 1 spiro atoms. The average Bonchev–Trinajstić information content (AvgIpc) is 3.05. The van der Waals surface area contributed by atoms with Gasteiger partial charge in [-0.3, -0.25) is 4.90 Å². The molecule has 4 heteroatoms. The van der Waals surface area contributed by atoms with E-state index in [-0.39, 0.29) is 11.5 Å². The molecule has 2 aliphatic rings. The Labute approximate surface area is 125 Å². The third-order valence-corrected chi connectivity index (χ3v) is 5.43. The van der Waals surface area contributed by atoms with Gasteiger partial charge in [-0.05, 0) is 44.4 Å². The summed E-state index contributed by atoms with van der Waals surface area (Å²) in [6, 6.07) is 6.12. The SMILES string of the molecule is O[C@@H]1CCC[C@]12CCCN(Cc1cnc3ccccn13)C2. The molecule has 4 nitrogen and oxygen atoms in total.